The molecule has 0 unspecified atom stereocenters. The van der Waals surface area contributed by atoms with Crippen LogP contribution in [0, 0.1) is 0 Å². The lowest BCUT2D eigenvalue weighted by Gasteiger charge is -2.21. The van der Waals surface area contributed by atoms with Gasteiger partial charge in [-0.05, 0) is 13.8 Å². The third kappa shape index (κ3) is 2.38. The smallest absolute Gasteiger partial charge is 0.180 e. The summed E-state index contributed by atoms with van der Waals surface area (Å²) in [6, 6.07) is 0. The fraction of sp³-hybridized carbons (Fsp3) is 0.500. The number of aliphatic hydroxyl groups excluding tert-OH is 1. The zero-order valence-electron chi connectivity index (χ0n) is 10.8. The monoisotopic (exact) mass is 249 g/mol. The number of aromatic nitrogens is 3. The van der Waals surface area contributed by atoms with Gasteiger partial charge in [0, 0.05) is 32.0 Å². The highest BCUT2D eigenvalue weighted by molar-refractivity contribution is 5.66. The molecule has 6 nitrogen and oxygen atoms in total. The van der Waals surface area contributed by atoms with E-state index in [1.54, 1.807) is 6.20 Å². The van der Waals surface area contributed by atoms with E-state index in [0.717, 1.165) is 30.4 Å². The number of nitrogens with zero attached hydrogens (tertiary/aromatic N) is 4. The fourth-order valence-corrected chi connectivity index (χ4v) is 1.93. The molecule has 2 heterocycles. The maximum Gasteiger partial charge on any atom is 0.180 e. The molecule has 0 atom stereocenters. The first kappa shape index (κ1) is 12.6. The van der Waals surface area contributed by atoms with E-state index in [-0.39, 0.29) is 6.61 Å². The summed E-state index contributed by atoms with van der Waals surface area (Å²) in [5, 5.41) is 12.3. The maximum atomic E-state index is 9.11. The molecule has 0 saturated heterocycles. The average molecular weight is 249 g/mol. The van der Waals surface area contributed by atoms with E-state index in [1.807, 2.05) is 35.5 Å². The molecule has 0 bridgehead atoms. The molecule has 2 N–H and O–H groups in total. The number of hydrogen-bond acceptors (Lipinski definition) is 5. The summed E-state index contributed by atoms with van der Waals surface area (Å²) in [5.41, 5.74) is 0.812. The summed E-state index contributed by atoms with van der Waals surface area (Å²) in [5.74, 6) is 1.62. The van der Waals surface area contributed by atoms with E-state index in [2.05, 4.69) is 15.3 Å². The Bertz CT molecular complexity index is 510. The van der Waals surface area contributed by atoms with Crippen LogP contribution in [0.4, 0.5) is 11.6 Å². The molecule has 0 aliphatic carbocycles. The third-order valence-electron chi connectivity index (χ3n) is 2.77. The first-order valence-corrected chi connectivity index (χ1v) is 6.23. The van der Waals surface area contributed by atoms with Gasteiger partial charge in [0.15, 0.2) is 11.5 Å². The zero-order valence-corrected chi connectivity index (χ0v) is 10.8. The molecule has 2 rings (SSSR count). The summed E-state index contributed by atoms with van der Waals surface area (Å²) in [6.07, 6.45) is 5.57. The van der Waals surface area contributed by atoms with Gasteiger partial charge in [-0.2, -0.15) is 0 Å². The van der Waals surface area contributed by atoms with E-state index in [4.69, 9.17) is 5.11 Å². The standard InChI is InChI=1S/C12H19N5O/c1-3-13-10-9-17-6-5-14-11(17)12(15-10)16(4-2)7-8-18/h5-6,9,13,18H,3-4,7-8H2,1-2H3. The lowest BCUT2D eigenvalue weighted by atomic mass is 10.4. The Morgan fingerprint density at radius 3 is 2.94 bits per heavy atom. The van der Waals surface area contributed by atoms with Crippen molar-refractivity contribution in [2.45, 2.75) is 13.8 Å². The second-order valence-corrected chi connectivity index (χ2v) is 3.94. The zero-order chi connectivity index (χ0) is 13.0. The van der Waals surface area contributed by atoms with E-state index in [1.165, 1.54) is 0 Å². The molecule has 0 spiro atoms. The lowest BCUT2D eigenvalue weighted by Crippen LogP contribution is -2.28. The van der Waals surface area contributed by atoms with Crippen LogP contribution < -0.4 is 10.2 Å². The normalized spacial score (nSPS) is 10.8. The van der Waals surface area contributed by atoms with Crippen LogP contribution in [0.5, 0.6) is 0 Å². The van der Waals surface area contributed by atoms with Crippen LogP contribution in [0.3, 0.4) is 0 Å². The molecule has 0 saturated carbocycles. The average Bonchev–Trinajstić information content (AvgIpc) is 2.83. The van der Waals surface area contributed by atoms with Crippen molar-refractivity contribution in [2.75, 3.05) is 36.5 Å². The predicted octanol–water partition coefficient (Wildman–Crippen LogP) is 0.980. The first-order valence-electron chi connectivity index (χ1n) is 6.23. The van der Waals surface area contributed by atoms with Gasteiger partial charge in [0.05, 0.1) is 12.8 Å². The van der Waals surface area contributed by atoms with Gasteiger partial charge in [-0.25, -0.2) is 9.97 Å². The summed E-state index contributed by atoms with van der Waals surface area (Å²) in [6.45, 7) is 6.33. The number of hydrogen-bond donors (Lipinski definition) is 2. The first-order chi connectivity index (χ1) is 8.80. The highest BCUT2D eigenvalue weighted by Gasteiger charge is 2.13. The van der Waals surface area contributed by atoms with Gasteiger partial charge in [-0.15, -0.1) is 0 Å². The summed E-state index contributed by atoms with van der Waals surface area (Å²) in [7, 11) is 0. The molecular weight excluding hydrogens is 230 g/mol. The molecule has 98 valence electrons. The van der Waals surface area contributed by atoms with Gasteiger partial charge in [-0.1, -0.05) is 0 Å². The molecule has 2 aromatic rings. The van der Waals surface area contributed by atoms with E-state index in [0.29, 0.717) is 6.54 Å². The van der Waals surface area contributed by atoms with Crippen LogP contribution >= 0.6 is 0 Å². The van der Waals surface area contributed by atoms with E-state index < -0.39 is 0 Å². The van der Waals surface area contributed by atoms with Gasteiger partial charge >= 0.3 is 0 Å². The van der Waals surface area contributed by atoms with Crippen LogP contribution in [-0.4, -0.2) is 45.7 Å². The maximum absolute atomic E-state index is 9.11. The van der Waals surface area contributed by atoms with Crippen LogP contribution in [0.25, 0.3) is 5.65 Å². The number of likely N-dealkylation sites (N-methyl/N-ethyl adjacent to an activating group) is 1. The van der Waals surface area contributed by atoms with Crippen molar-refractivity contribution in [1.29, 1.82) is 0 Å². The molecule has 0 aliphatic heterocycles. The topological polar surface area (TPSA) is 65.7 Å². The van der Waals surface area contributed by atoms with E-state index >= 15 is 0 Å². The van der Waals surface area contributed by atoms with Crippen molar-refractivity contribution in [3.63, 3.8) is 0 Å². The minimum absolute atomic E-state index is 0.105. The molecule has 0 radical (unpaired) electrons. The van der Waals surface area contributed by atoms with E-state index in [9.17, 15) is 0 Å². The molecule has 0 aliphatic rings. The molecule has 6 heteroatoms. The number of anilines is 2. The second kappa shape index (κ2) is 5.68. The molecule has 0 amide bonds. The number of nitrogens with one attached hydrogen (secondary N) is 1. The Kier molecular flexibility index (Phi) is 3.99. The number of fused-ring (bicyclic) bond motifs is 1. The SMILES string of the molecule is CCNc1cn2ccnc2c(N(CC)CCO)n1. The minimum atomic E-state index is 0.105. The highest BCUT2D eigenvalue weighted by Crippen LogP contribution is 2.20. The summed E-state index contributed by atoms with van der Waals surface area (Å²) < 4.78 is 1.94. The van der Waals surface area contributed by atoms with Crippen molar-refractivity contribution in [3.05, 3.63) is 18.6 Å². The van der Waals surface area contributed by atoms with Crippen LogP contribution in [0.15, 0.2) is 18.6 Å². The molecular formula is C12H19N5O. The number of rotatable bonds is 6. The van der Waals surface area contributed by atoms with Gasteiger partial charge in [0.25, 0.3) is 0 Å². The van der Waals surface area contributed by atoms with Gasteiger partial charge < -0.3 is 19.7 Å². The minimum Gasteiger partial charge on any atom is -0.395 e. The largest absolute Gasteiger partial charge is 0.395 e. The Morgan fingerprint density at radius 2 is 2.28 bits per heavy atom. The molecule has 2 aromatic heterocycles. The second-order valence-electron chi connectivity index (χ2n) is 3.94. The Labute approximate surface area is 106 Å². The van der Waals surface area contributed by atoms with Crippen molar-refractivity contribution >= 4 is 17.3 Å². The fourth-order valence-electron chi connectivity index (χ4n) is 1.93. The molecule has 18 heavy (non-hydrogen) atoms. The number of aliphatic hydroxyl groups is 1. The Balaban J connectivity index is 2.47. The number of imidazole rings is 1. The summed E-state index contributed by atoms with van der Waals surface area (Å²) in [4.78, 5) is 10.9. The Morgan fingerprint density at radius 1 is 1.44 bits per heavy atom. The highest BCUT2D eigenvalue weighted by atomic mass is 16.3. The van der Waals surface area contributed by atoms with Crippen molar-refractivity contribution in [3.8, 4) is 0 Å². The van der Waals surface area contributed by atoms with Crippen molar-refractivity contribution in [2.24, 2.45) is 0 Å². The Hall–Kier alpha value is -1.82. The predicted molar refractivity (Wildman–Crippen MR) is 72.1 cm³/mol. The van der Waals surface area contributed by atoms with Gasteiger partial charge in [-0.3, -0.25) is 0 Å². The van der Waals surface area contributed by atoms with Crippen LogP contribution in [0.1, 0.15) is 13.8 Å². The van der Waals surface area contributed by atoms with Crippen molar-refractivity contribution < 1.29 is 5.11 Å². The molecule has 0 aromatic carbocycles. The van der Waals surface area contributed by atoms with Gasteiger partial charge in [0.1, 0.15) is 5.82 Å². The lowest BCUT2D eigenvalue weighted by molar-refractivity contribution is 0.302. The quantitative estimate of drug-likeness (QED) is 0.799. The van der Waals surface area contributed by atoms with Crippen LogP contribution in [-0.2, 0) is 0 Å². The summed E-state index contributed by atoms with van der Waals surface area (Å²) >= 11 is 0. The molecule has 0 fully saturated rings. The van der Waals surface area contributed by atoms with Gasteiger partial charge in [0.2, 0.25) is 0 Å². The third-order valence-corrected chi connectivity index (χ3v) is 2.77. The van der Waals surface area contributed by atoms with Crippen LogP contribution in [0.2, 0.25) is 0 Å². The van der Waals surface area contributed by atoms with Crippen molar-refractivity contribution in [1.82, 2.24) is 14.4 Å².